The van der Waals surface area contributed by atoms with Crippen LogP contribution in [0, 0.1) is 11.3 Å². The third-order valence-electron chi connectivity index (χ3n) is 2.28. The molecule has 1 atom stereocenters. The van der Waals surface area contributed by atoms with Gasteiger partial charge in [-0.3, -0.25) is 4.98 Å². The molecule has 0 spiro atoms. The van der Waals surface area contributed by atoms with Gasteiger partial charge in [-0.1, -0.05) is 13.8 Å². The minimum Gasteiger partial charge on any atom is -0.397 e. The van der Waals surface area contributed by atoms with Gasteiger partial charge in [0.25, 0.3) is 0 Å². The molecule has 0 radical (unpaired) electrons. The van der Waals surface area contributed by atoms with Gasteiger partial charge in [-0.15, -0.1) is 0 Å². The lowest BCUT2D eigenvalue weighted by molar-refractivity contribution is 0.731. The van der Waals surface area contributed by atoms with Crippen LogP contribution in [-0.2, 0) is 0 Å². The maximum atomic E-state index is 8.73. The summed E-state index contributed by atoms with van der Waals surface area (Å²) in [5, 5.41) is 8.73. The van der Waals surface area contributed by atoms with Crippen molar-refractivity contribution in [3.8, 4) is 6.07 Å². The quantitative estimate of drug-likeness (QED) is 0.748. The minimum atomic E-state index is 0.362. The maximum Gasteiger partial charge on any atom is 0.103 e. The number of hydrogen-bond acceptors (Lipinski definition) is 3. The van der Waals surface area contributed by atoms with E-state index in [-0.39, 0.29) is 0 Å². The van der Waals surface area contributed by atoms with Crippen molar-refractivity contribution in [1.29, 1.82) is 5.26 Å². The Morgan fingerprint density at radius 3 is 2.85 bits per heavy atom. The Morgan fingerprint density at radius 1 is 1.62 bits per heavy atom. The van der Waals surface area contributed by atoms with Crippen LogP contribution >= 0.6 is 0 Å². The first-order valence-electron chi connectivity index (χ1n) is 4.34. The summed E-state index contributed by atoms with van der Waals surface area (Å²) < 4.78 is 0. The van der Waals surface area contributed by atoms with Crippen molar-refractivity contribution in [3.63, 3.8) is 0 Å². The molecular formula is C10H13N3. The minimum absolute atomic E-state index is 0.362. The van der Waals surface area contributed by atoms with Crippen LogP contribution in [0.5, 0.6) is 0 Å². The standard InChI is InChI=1S/C10H13N3/c1-3-7(2)9-6-13-5-8(4-11)10(9)12/h5-7H,3H2,1-2H3,(H2,12,13)/t7-/m1/s1. The van der Waals surface area contributed by atoms with E-state index in [9.17, 15) is 0 Å². The molecule has 0 aliphatic heterocycles. The molecule has 1 heterocycles. The lowest BCUT2D eigenvalue weighted by Crippen LogP contribution is -2.02. The van der Waals surface area contributed by atoms with E-state index < -0.39 is 0 Å². The highest BCUT2D eigenvalue weighted by atomic mass is 14.7. The van der Waals surface area contributed by atoms with E-state index in [2.05, 4.69) is 18.8 Å². The summed E-state index contributed by atoms with van der Waals surface area (Å²) in [5.41, 5.74) is 7.83. The van der Waals surface area contributed by atoms with E-state index in [0.29, 0.717) is 17.2 Å². The van der Waals surface area contributed by atoms with E-state index in [0.717, 1.165) is 12.0 Å². The van der Waals surface area contributed by atoms with E-state index >= 15 is 0 Å². The van der Waals surface area contributed by atoms with Crippen molar-refractivity contribution >= 4 is 5.69 Å². The first-order valence-corrected chi connectivity index (χ1v) is 4.34. The van der Waals surface area contributed by atoms with Crippen molar-refractivity contribution < 1.29 is 0 Å². The van der Waals surface area contributed by atoms with Crippen LogP contribution in [0.2, 0.25) is 0 Å². The number of nitriles is 1. The molecule has 3 heteroatoms. The first kappa shape index (κ1) is 9.53. The third kappa shape index (κ3) is 1.78. The summed E-state index contributed by atoms with van der Waals surface area (Å²) in [7, 11) is 0. The zero-order chi connectivity index (χ0) is 9.84. The number of nitrogen functional groups attached to an aromatic ring is 1. The maximum absolute atomic E-state index is 8.73. The lowest BCUT2D eigenvalue weighted by Gasteiger charge is -2.11. The summed E-state index contributed by atoms with van der Waals surface area (Å²) in [6.45, 7) is 4.16. The van der Waals surface area contributed by atoms with Gasteiger partial charge in [0.2, 0.25) is 0 Å². The molecule has 1 aromatic rings. The Kier molecular flexibility index (Phi) is 2.86. The van der Waals surface area contributed by atoms with Gasteiger partial charge in [-0.25, -0.2) is 0 Å². The smallest absolute Gasteiger partial charge is 0.103 e. The average molecular weight is 175 g/mol. The monoisotopic (exact) mass is 175 g/mol. The van der Waals surface area contributed by atoms with Crippen LogP contribution in [0.3, 0.4) is 0 Å². The van der Waals surface area contributed by atoms with Crippen LogP contribution < -0.4 is 5.73 Å². The lowest BCUT2D eigenvalue weighted by atomic mass is 9.97. The number of nitrogens with two attached hydrogens (primary N) is 1. The number of anilines is 1. The molecule has 2 N–H and O–H groups in total. The van der Waals surface area contributed by atoms with Gasteiger partial charge in [0, 0.05) is 12.4 Å². The van der Waals surface area contributed by atoms with E-state index in [1.54, 1.807) is 6.20 Å². The summed E-state index contributed by atoms with van der Waals surface area (Å²) >= 11 is 0. The van der Waals surface area contributed by atoms with Crippen LogP contribution in [0.1, 0.15) is 37.3 Å². The Hall–Kier alpha value is -1.56. The molecule has 0 unspecified atom stereocenters. The Balaban J connectivity index is 3.17. The fourth-order valence-corrected chi connectivity index (χ4v) is 1.19. The summed E-state index contributed by atoms with van der Waals surface area (Å²) in [5.74, 6) is 0.362. The number of nitrogens with zero attached hydrogens (tertiary/aromatic N) is 2. The highest BCUT2D eigenvalue weighted by Crippen LogP contribution is 2.25. The molecule has 13 heavy (non-hydrogen) atoms. The Labute approximate surface area is 78.2 Å². The molecule has 0 bridgehead atoms. The Morgan fingerprint density at radius 2 is 2.31 bits per heavy atom. The predicted octanol–water partition coefficient (Wildman–Crippen LogP) is 2.05. The molecule has 0 saturated carbocycles. The molecule has 0 aliphatic rings. The van der Waals surface area contributed by atoms with Crippen LogP contribution in [0.4, 0.5) is 5.69 Å². The third-order valence-corrected chi connectivity index (χ3v) is 2.28. The van der Waals surface area contributed by atoms with E-state index in [4.69, 9.17) is 11.0 Å². The number of hydrogen-bond donors (Lipinski definition) is 1. The number of pyridine rings is 1. The molecule has 0 saturated heterocycles. The molecule has 0 amide bonds. The van der Waals surface area contributed by atoms with Gasteiger partial charge in [0.1, 0.15) is 6.07 Å². The van der Waals surface area contributed by atoms with Gasteiger partial charge in [-0.05, 0) is 17.9 Å². The second-order valence-electron chi connectivity index (χ2n) is 3.11. The fourth-order valence-electron chi connectivity index (χ4n) is 1.19. The highest BCUT2D eigenvalue weighted by molar-refractivity contribution is 5.58. The van der Waals surface area contributed by atoms with Gasteiger partial charge < -0.3 is 5.73 Å². The molecule has 1 rings (SSSR count). The van der Waals surface area contributed by atoms with Gasteiger partial charge >= 0.3 is 0 Å². The molecule has 0 aliphatic carbocycles. The second-order valence-corrected chi connectivity index (χ2v) is 3.11. The van der Waals surface area contributed by atoms with Crippen molar-refractivity contribution in [1.82, 2.24) is 4.98 Å². The topological polar surface area (TPSA) is 62.7 Å². The summed E-state index contributed by atoms with van der Waals surface area (Å²) in [4.78, 5) is 3.98. The van der Waals surface area contributed by atoms with E-state index in [1.807, 2.05) is 6.07 Å². The van der Waals surface area contributed by atoms with Gasteiger partial charge in [-0.2, -0.15) is 5.26 Å². The van der Waals surface area contributed by atoms with E-state index in [1.165, 1.54) is 6.20 Å². The highest BCUT2D eigenvalue weighted by Gasteiger charge is 2.10. The largest absolute Gasteiger partial charge is 0.397 e. The molecule has 68 valence electrons. The molecule has 0 aromatic carbocycles. The fraction of sp³-hybridized carbons (Fsp3) is 0.400. The molecule has 3 nitrogen and oxygen atoms in total. The SMILES string of the molecule is CC[C@@H](C)c1cncc(C#N)c1N. The van der Waals surface area contributed by atoms with Gasteiger partial charge in [0.05, 0.1) is 11.3 Å². The van der Waals surface area contributed by atoms with Crippen LogP contribution in [0.15, 0.2) is 12.4 Å². The predicted molar refractivity (Wildman–Crippen MR) is 52.1 cm³/mol. The molecule has 0 fully saturated rings. The average Bonchev–Trinajstić information content (AvgIpc) is 2.17. The first-order chi connectivity index (χ1) is 6.20. The van der Waals surface area contributed by atoms with Crippen molar-refractivity contribution in [2.24, 2.45) is 0 Å². The number of rotatable bonds is 2. The van der Waals surface area contributed by atoms with Gasteiger partial charge in [0.15, 0.2) is 0 Å². The van der Waals surface area contributed by atoms with Crippen molar-refractivity contribution in [2.45, 2.75) is 26.2 Å². The zero-order valence-corrected chi connectivity index (χ0v) is 7.91. The Bertz CT molecular complexity index is 339. The molecule has 1 aromatic heterocycles. The molecular weight excluding hydrogens is 162 g/mol. The second kappa shape index (κ2) is 3.90. The normalized spacial score (nSPS) is 12.1. The zero-order valence-electron chi connectivity index (χ0n) is 7.91. The van der Waals surface area contributed by atoms with Crippen LogP contribution in [-0.4, -0.2) is 4.98 Å². The van der Waals surface area contributed by atoms with Crippen LogP contribution in [0.25, 0.3) is 0 Å². The van der Waals surface area contributed by atoms with Crippen molar-refractivity contribution in [2.75, 3.05) is 5.73 Å². The van der Waals surface area contributed by atoms with Crippen molar-refractivity contribution in [3.05, 3.63) is 23.5 Å². The number of aromatic nitrogens is 1. The summed E-state index contributed by atoms with van der Waals surface area (Å²) in [6, 6.07) is 2.03. The summed E-state index contributed by atoms with van der Waals surface area (Å²) in [6.07, 6.45) is 4.24.